The summed E-state index contributed by atoms with van der Waals surface area (Å²) in [6, 6.07) is 15.6. The van der Waals surface area contributed by atoms with E-state index < -0.39 is 0 Å². The number of amides is 1. The van der Waals surface area contributed by atoms with Gasteiger partial charge >= 0.3 is 0 Å². The topological polar surface area (TPSA) is 90.5 Å². The van der Waals surface area contributed by atoms with Crippen molar-refractivity contribution in [2.24, 2.45) is 0 Å². The van der Waals surface area contributed by atoms with Crippen LogP contribution in [0.15, 0.2) is 61.1 Å². The van der Waals surface area contributed by atoms with Gasteiger partial charge in [-0.3, -0.25) is 4.79 Å². The van der Waals surface area contributed by atoms with Gasteiger partial charge in [-0.15, -0.1) is 0 Å². The van der Waals surface area contributed by atoms with E-state index in [9.17, 15) is 4.79 Å². The minimum atomic E-state index is -0.215. The first kappa shape index (κ1) is 23.4. The SMILES string of the molecule is Cc1cc(NC(=O)c2ccc(C(C)(C)C)cc2)n(-c2ncnc3c2cnn3-c2cccc(C)c2C)n1. The van der Waals surface area contributed by atoms with Crippen molar-refractivity contribution in [1.29, 1.82) is 0 Å². The Bertz CT molecular complexity index is 1590. The summed E-state index contributed by atoms with van der Waals surface area (Å²) in [5, 5.41) is 13.0. The van der Waals surface area contributed by atoms with Crippen LogP contribution in [0.2, 0.25) is 0 Å². The second-order valence-corrected chi connectivity index (χ2v) is 10.1. The molecule has 3 heterocycles. The molecule has 0 unspecified atom stereocenters. The van der Waals surface area contributed by atoms with Crippen molar-refractivity contribution in [1.82, 2.24) is 29.5 Å². The molecule has 1 N–H and O–H groups in total. The van der Waals surface area contributed by atoms with Crippen LogP contribution in [-0.4, -0.2) is 35.4 Å². The lowest BCUT2D eigenvalue weighted by atomic mass is 9.87. The van der Waals surface area contributed by atoms with Gasteiger partial charge in [0.25, 0.3) is 5.91 Å². The van der Waals surface area contributed by atoms with E-state index in [1.165, 1.54) is 17.5 Å². The predicted molar refractivity (Wildman–Crippen MR) is 141 cm³/mol. The van der Waals surface area contributed by atoms with Crippen LogP contribution in [0.5, 0.6) is 0 Å². The average Bonchev–Trinajstić information content (AvgIpc) is 3.43. The lowest BCUT2D eigenvalue weighted by Crippen LogP contribution is -2.17. The Morgan fingerprint density at radius 3 is 2.42 bits per heavy atom. The highest BCUT2D eigenvalue weighted by molar-refractivity contribution is 6.04. The van der Waals surface area contributed by atoms with Gasteiger partial charge in [-0.1, -0.05) is 45.0 Å². The van der Waals surface area contributed by atoms with Crippen LogP contribution < -0.4 is 5.32 Å². The van der Waals surface area contributed by atoms with Gasteiger partial charge in [-0.05, 0) is 61.1 Å². The van der Waals surface area contributed by atoms with E-state index >= 15 is 0 Å². The van der Waals surface area contributed by atoms with Gasteiger partial charge in [-0.2, -0.15) is 14.9 Å². The Hall–Kier alpha value is -4.33. The van der Waals surface area contributed by atoms with Crippen LogP contribution in [0.3, 0.4) is 0 Å². The molecule has 2 aromatic carbocycles. The second-order valence-electron chi connectivity index (χ2n) is 10.1. The van der Waals surface area contributed by atoms with Crippen LogP contribution in [-0.2, 0) is 5.41 Å². The van der Waals surface area contributed by atoms with Crippen LogP contribution in [0.4, 0.5) is 5.82 Å². The minimum Gasteiger partial charge on any atom is -0.306 e. The summed E-state index contributed by atoms with van der Waals surface area (Å²) >= 11 is 0. The zero-order valence-electron chi connectivity index (χ0n) is 21.4. The normalized spacial score (nSPS) is 11.7. The maximum Gasteiger partial charge on any atom is 0.256 e. The van der Waals surface area contributed by atoms with Crippen molar-refractivity contribution >= 4 is 22.8 Å². The molecule has 8 nitrogen and oxygen atoms in total. The number of rotatable bonds is 4. The molecule has 0 aliphatic rings. The van der Waals surface area contributed by atoms with Crippen molar-refractivity contribution in [3.63, 3.8) is 0 Å². The first-order chi connectivity index (χ1) is 17.1. The number of nitrogens with one attached hydrogen (secondary N) is 1. The maximum absolute atomic E-state index is 13.1. The van der Waals surface area contributed by atoms with E-state index in [4.69, 9.17) is 0 Å². The van der Waals surface area contributed by atoms with Crippen molar-refractivity contribution < 1.29 is 4.79 Å². The van der Waals surface area contributed by atoms with Crippen molar-refractivity contribution in [3.8, 4) is 11.5 Å². The van der Waals surface area contributed by atoms with Gasteiger partial charge in [0.2, 0.25) is 0 Å². The van der Waals surface area contributed by atoms with E-state index in [2.05, 4.69) is 66.2 Å². The third-order valence-electron chi connectivity index (χ3n) is 6.44. The molecular weight excluding hydrogens is 450 g/mol. The third-order valence-corrected chi connectivity index (χ3v) is 6.44. The highest BCUT2D eigenvalue weighted by atomic mass is 16.1. The molecule has 0 bridgehead atoms. The molecule has 0 saturated heterocycles. The summed E-state index contributed by atoms with van der Waals surface area (Å²) in [4.78, 5) is 22.1. The van der Waals surface area contributed by atoms with E-state index in [-0.39, 0.29) is 11.3 Å². The molecule has 0 atom stereocenters. The molecule has 0 saturated carbocycles. The molecule has 8 heteroatoms. The molecule has 0 fully saturated rings. The van der Waals surface area contributed by atoms with Crippen LogP contribution >= 0.6 is 0 Å². The molecule has 5 rings (SSSR count). The molecule has 36 heavy (non-hydrogen) atoms. The van der Waals surface area contributed by atoms with Gasteiger partial charge in [0.05, 0.1) is 23.0 Å². The van der Waals surface area contributed by atoms with E-state index in [1.54, 1.807) is 10.9 Å². The Balaban J connectivity index is 1.52. The number of aromatic nitrogens is 6. The summed E-state index contributed by atoms with van der Waals surface area (Å²) in [6.07, 6.45) is 3.23. The Morgan fingerprint density at radius 2 is 1.69 bits per heavy atom. The monoisotopic (exact) mass is 479 g/mol. The average molecular weight is 480 g/mol. The fourth-order valence-electron chi connectivity index (χ4n) is 4.20. The molecule has 0 aliphatic carbocycles. The summed E-state index contributed by atoms with van der Waals surface area (Å²) in [6.45, 7) is 12.5. The summed E-state index contributed by atoms with van der Waals surface area (Å²) in [5.74, 6) is 0.855. The Labute approximate surface area is 210 Å². The zero-order valence-corrected chi connectivity index (χ0v) is 21.4. The number of benzene rings is 2. The molecular formula is C28H29N7O. The minimum absolute atomic E-state index is 0.0184. The molecule has 5 aromatic rings. The first-order valence-electron chi connectivity index (χ1n) is 11.9. The molecule has 182 valence electrons. The molecule has 3 aromatic heterocycles. The molecule has 0 aliphatic heterocycles. The van der Waals surface area contributed by atoms with Crippen molar-refractivity contribution in [3.05, 3.63) is 89.0 Å². The van der Waals surface area contributed by atoms with Crippen LogP contribution in [0.1, 0.15) is 53.5 Å². The quantitative estimate of drug-likeness (QED) is 0.369. The fourth-order valence-corrected chi connectivity index (χ4v) is 4.20. The number of fused-ring (bicyclic) bond motifs is 1. The van der Waals surface area contributed by atoms with Gasteiger partial charge in [0.1, 0.15) is 12.1 Å². The maximum atomic E-state index is 13.1. The van der Waals surface area contributed by atoms with Gasteiger partial charge in [0.15, 0.2) is 11.5 Å². The lowest BCUT2D eigenvalue weighted by molar-refractivity contribution is 0.102. The summed E-state index contributed by atoms with van der Waals surface area (Å²) in [7, 11) is 0. The number of anilines is 1. The largest absolute Gasteiger partial charge is 0.306 e. The number of carbonyl (C=O) groups is 1. The highest BCUT2D eigenvalue weighted by Crippen LogP contribution is 2.27. The van der Waals surface area contributed by atoms with E-state index in [1.807, 2.05) is 54.1 Å². The Morgan fingerprint density at radius 1 is 0.944 bits per heavy atom. The first-order valence-corrected chi connectivity index (χ1v) is 11.9. The lowest BCUT2D eigenvalue weighted by Gasteiger charge is -2.19. The van der Waals surface area contributed by atoms with Gasteiger partial charge in [-0.25, -0.2) is 14.6 Å². The van der Waals surface area contributed by atoms with Crippen LogP contribution in [0.25, 0.3) is 22.5 Å². The van der Waals surface area contributed by atoms with Crippen molar-refractivity contribution in [2.45, 2.75) is 47.0 Å². The van der Waals surface area contributed by atoms with Gasteiger partial charge < -0.3 is 5.32 Å². The molecule has 0 radical (unpaired) electrons. The zero-order chi connectivity index (χ0) is 25.6. The second kappa shape index (κ2) is 8.71. The summed E-state index contributed by atoms with van der Waals surface area (Å²) in [5.41, 5.74) is 6.44. The summed E-state index contributed by atoms with van der Waals surface area (Å²) < 4.78 is 3.45. The smallest absolute Gasteiger partial charge is 0.256 e. The number of carbonyl (C=O) groups excluding carboxylic acids is 1. The van der Waals surface area contributed by atoms with E-state index in [0.29, 0.717) is 22.8 Å². The Kier molecular flexibility index (Phi) is 5.67. The molecule has 1 amide bonds. The van der Waals surface area contributed by atoms with Gasteiger partial charge in [0, 0.05) is 11.6 Å². The number of hydrogen-bond acceptors (Lipinski definition) is 5. The molecule has 0 spiro atoms. The standard InChI is InChI=1S/C28H29N7O/c1-17-8-7-9-23(19(17)3)34-25-22(15-31-34)26(30-16-29-25)35-24(14-18(2)33-35)32-27(36)20-10-12-21(13-11-20)28(4,5)6/h7-16H,1-6H3,(H,32,36). The predicted octanol–water partition coefficient (Wildman–Crippen LogP) is 5.48. The van der Waals surface area contributed by atoms with E-state index in [0.717, 1.165) is 22.3 Å². The van der Waals surface area contributed by atoms with Crippen molar-refractivity contribution in [2.75, 3.05) is 5.32 Å². The fraction of sp³-hybridized carbons (Fsp3) is 0.250. The third kappa shape index (κ3) is 4.15. The number of aryl methyl sites for hydroxylation is 2. The number of hydrogen-bond donors (Lipinski definition) is 1. The number of nitrogens with zero attached hydrogens (tertiary/aromatic N) is 6. The van der Waals surface area contributed by atoms with Crippen LogP contribution in [0, 0.1) is 20.8 Å². The highest BCUT2D eigenvalue weighted by Gasteiger charge is 2.19.